The van der Waals surface area contributed by atoms with Gasteiger partial charge in [-0.25, -0.2) is 12.8 Å². The first-order valence-electron chi connectivity index (χ1n) is 12.1. The standard InChI is InChI=1S/C28H25F7N2O4S/c1-16-12-20(26(29,27(30,31)32)28(33,34)35)13-17(2)23(16)37(3)25(39)22-11-6-5-10-21(22)18-8-7-9-19(14-18)24(38)36-15-42(4,40)41/h5-14H,15H2,1-4H3,(H,36,38). The highest BCUT2D eigenvalue weighted by molar-refractivity contribution is 7.90. The molecule has 1 N–H and O–H groups in total. The zero-order chi connectivity index (χ0) is 31.8. The number of anilines is 1. The molecule has 2 amide bonds. The molecule has 0 fully saturated rings. The zero-order valence-electron chi connectivity index (χ0n) is 22.6. The minimum absolute atomic E-state index is 0.0286. The van der Waals surface area contributed by atoms with Crippen LogP contribution in [0.3, 0.4) is 0 Å². The number of rotatable bonds is 7. The molecule has 0 radical (unpaired) electrons. The Kier molecular flexibility index (Phi) is 8.83. The lowest BCUT2D eigenvalue weighted by molar-refractivity contribution is -0.348. The molecular formula is C28H25F7N2O4S. The molecule has 0 aromatic heterocycles. The van der Waals surface area contributed by atoms with Gasteiger partial charge in [-0.2, -0.15) is 26.3 Å². The molecule has 6 nitrogen and oxygen atoms in total. The van der Waals surface area contributed by atoms with E-state index in [4.69, 9.17) is 0 Å². The Morgan fingerprint density at radius 1 is 0.833 bits per heavy atom. The molecule has 0 spiro atoms. The Labute approximate surface area is 237 Å². The van der Waals surface area contributed by atoms with Gasteiger partial charge in [-0.15, -0.1) is 0 Å². The summed E-state index contributed by atoms with van der Waals surface area (Å²) < 4.78 is 117. The number of amides is 2. The highest BCUT2D eigenvalue weighted by atomic mass is 32.2. The summed E-state index contributed by atoms with van der Waals surface area (Å²) in [4.78, 5) is 27.1. The van der Waals surface area contributed by atoms with Gasteiger partial charge in [0.25, 0.3) is 11.8 Å². The van der Waals surface area contributed by atoms with Crippen molar-refractivity contribution in [3.05, 3.63) is 88.5 Å². The van der Waals surface area contributed by atoms with Crippen LogP contribution in [0.1, 0.15) is 37.4 Å². The summed E-state index contributed by atoms with van der Waals surface area (Å²) in [5.41, 5.74) is -6.84. The van der Waals surface area contributed by atoms with Crippen molar-refractivity contribution in [3.63, 3.8) is 0 Å². The number of hydrogen-bond acceptors (Lipinski definition) is 4. The normalized spacial score (nSPS) is 12.6. The number of halogens is 7. The Bertz CT molecular complexity index is 1600. The Morgan fingerprint density at radius 2 is 1.38 bits per heavy atom. The van der Waals surface area contributed by atoms with Crippen molar-refractivity contribution in [3.8, 4) is 11.1 Å². The Morgan fingerprint density at radius 3 is 1.90 bits per heavy atom. The molecule has 3 aromatic carbocycles. The molecule has 0 saturated carbocycles. The van der Waals surface area contributed by atoms with Crippen molar-refractivity contribution in [2.24, 2.45) is 0 Å². The second-order valence-electron chi connectivity index (χ2n) is 9.68. The third kappa shape index (κ3) is 6.42. The maximum absolute atomic E-state index is 14.7. The van der Waals surface area contributed by atoms with Crippen molar-refractivity contribution in [1.29, 1.82) is 0 Å². The summed E-state index contributed by atoms with van der Waals surface area (Å²) in [6.07, 6.45) is -11.6. The van der Waals surface area contributed by atoms with Crippen molar-refractivity contribution < 1.29 is 48.7 Å². The van der Waals surface area contributed by atoms with Gasteiger partial charge in [-0.05, 0) is 54.3 Å². The smallest absolute Gasteiger partial charge is 0.338 e. The van der Waals surface area contributed by atoms with Gasteiger partial charge < -0.3 is 10.2 Å². The topological polar surface area (TPSA) is 83.6 Å². The fourth-order valence-corrected chi connectivity index (χ4v) is 4.90. The van der Waals surface area contributed by atoms with E-state index < -0.39 is 51.1 Å². The van der Waals surface area contributed by atoms with E-state index >= 15 is 0 Å². The first-order valence-corrected chi connectivity index (χ1v) is 14.1. The molecule has 0 heterocycles. The van der Waals surface area contributed by atoms with Crippen LogP contribution in [-0.4, -0.2) is 51.8 Å². The number of carbonyl (C=O) groups is 2. The van der Waals surface area contributed by atoms with E-state index in [9.17, 15) is 48.7 Å². The quantitative estimate of drug-likeness (QED) is 0.317. The average molecular weight is 619 g/mol. The summed E-state index contributed by atoms with van der Waals surface area (Å²) in [6, 6.07) is 12.9. The number of hydrogen-bond donors (Lipinski definition) is 1. The summed E-state index contributed by atoms with van der Waals surface area (Å²) in [5.74, 6) is -1.98. The molecule has 14 heteroatoms. The van der Waals surface area contributed by atoms with Crippen LogP contribution >= 0.6 is 0 Å². The largest absolute Gasteiger partial charge is 0.435 e. The number of nitrogens with one attached hydrogen (secondary N) is 1. The molecule has 226 valence electrons. The fourth-order valence-electron chi connectivity index (χ4n) is 4.50. The number of sulfone groups is 1. The maximum atomic E-state index is 14.7. The Balaban J connectivity index is 2.03. The van der Waals surface area contributed by atoms with E-state index in [0.29, 0.717) is 23.3 Å². The monoisotopic (exact) mass is 618 g/mol. The minimum atomic E-state index is -6.29. The van der Waals surface area contributed by atoms with Gasteiger partial charge >= 0.3 is 18.0 Å². The number of benzene rings is 3. The van der Waals surface area contributed by atoms with Gasteiger partial charge in [-0.1, -0.05) is 42.5 Å². The van der Waals surface area contributed by atoms with E-state index in [1.165, 1.54) is 37.4 Å². The fraction of sp³-hybridized carbons (Fsp3) is 0.286. The predicted molar refractivity (Wildman–Crippen MR) is 143 cm³/mol. The summed E-state index contributed by atoms with van der Waals surface area (Å²) in [7, 11) is -2.23. The highest BCUT2D eigenvalue weighted by Crippen LogP contribution is 2.54. The average Bonchev–Trinajstić information content (AvgIpc) is 2.88. The number of aryl methyl sites for hydroxylation is 2. The van der Waals surface area contributed by atoms with E-state index in [-0.39, 0.29) is 27.9 Å². The van der Waals surface area contributed by atoms with Crippen LogP contribution in [0, 0.1) is 13.8 Å². The maximum Gasteiger partial charge on any atom is 0.435 e. The van der Waals surface area contributed by atoms with Gasteiger partial charge in [0.1, 0.15) is 5.88 Å². The lowest BCUT2D eigenvalue weighted by Gasteiger charge is -2.32. The van der Waals surface area contributed by atoms with Gasteiger partial charge in [0.05, 0.1) is 0 Å². The van der Waals surface area contributed by atoms with Crippen molar-refractivity contribution in [2.45, 2.75) is 31.9 Å². The van der Waals surface area contributed by atoms with Gasteiger partial charge in [0.2, 0.25) is 0 Å². The van der Waals surface area contributed by atoms with Crippen LogP contribution in [-0.2, 0) is 15.5 Å². The van der Waals surface area contributed by atoms with Gasteiger partial charge in [0, 0.05) is 35.7 Å². The lowest BCUT2D eigenvalue weighted by Crippen LogP contribution is -2.50. The summed E-state index contributed by atoms with van der Waals surface area (Å²) in [6.45, 7) is 2.32. The van der Waals surface area contributed by atoms with Crippen LogP contribution in [0.5, 0.6) is 0 Å². The molecule has 0 unspecified atom stereocenters. The van der Waals surface area contributed by atoms with E-state index in [1.807, 2.05) is 0 Å². The van der Waals surface area contributed by atoms with Crippen molar-refractivity contribution in [2.75, 3.05) is 24.1 Å². The van der Waals surface area contributed by atoms with Gasteiger partial charge in [0.15, 0.2) is 9.84 Å². The van der Waals surface area contributed by atoms with Crippen molar-refractivity contribution in [1.82, 2.24) is 5.32 Å². The van der Waals surface area contributed by atoms with E-state index in [2.05, 4.69) is 5.32 Å². The molecule has 0 aliphatic heterocycles. The van der Waals surface area contributed by atoms with Crippen LogP contribution in [0.2, 0.25) is 0 Å². The van der Waals surface area contributed by atoms with Crippen molar-refractivity contribution >= 4 is 27.3 Å². The molecule has 0 saturated heterocycles. The second-order valence-corrected chi connectivity index (χ2v) is 11.8. The van der Waals surface area contributed by atoms with Crippen LogP contribution in [0.15, 0.2) is 60.7 Å². The Hall–Kier alpha value is -3.94. The SMILES string of the molecule is Cc1cc(C(F)(C(F)(F)F)C(F)(F)F)cc(C)c1N(C)C(=O)c1ccccc1-c1cccc(C(=O)NCS(C)(=O)=O)c1. The molecular weight excluding hydrogens is 593 g/mol. The number of nitrogens with zero attached hydrogens (tertiary/aromatic N) is 1. The predicted octanol–water partition coefficient (Wildman–Crippen LogP) is 6.27. The molecule has 42 heavy (non-hydrogen) atoms. The van der Waals surface area contributed by atoms with Gasteiger partial charge in [-0.3, -0.25) is 9.59 Å². The third-order valence-corrected chi connectivity index (χ3v) is 7.07. The van der Waals surface area contributed by atoms with E-state index in [0.717, 1.165) is 25.0 Å². The number of alkyl halides is 7. The van der Waals surface area contributed by atoms with Crippen LogP contribution in [0.25, 0.3) is 11.1 Å². The first kappa shape index (κ1) is 32.6. The molecule has 0 atom stereocenters. The summed E-state index contributed by atoms with van der Waals surface area (Å²) in [5, 5.41) is 2.27. The minimum Gasteiger partial charge on any atom is -0.338 e. The van der Waals surface area contributed by atoms with Crippen LogP contribution in [0.4, 0.5) is 36.4 Å². The molecule has 3 rings (SSSR count). The van der Waals surface area contributed by atoms with Crippen LogP contribution < -0.4 is 10.2 Å². The lowest BCUT2D eigenvalue weighted by atomic mass is 9.90. The summed E-state index contributed by atoms with van der Waals surface area (Å²) >= 11 is 0. The zero-order valence-corrected chi connectivity index (χ0v) is 23.4. The third-order valence-electron chi connectivity index (χ3n) is 6.40. The number of carbonyl (C=O) groups excluding carboxylic acids is 2. The first-order chi connectivity index (χ1) is 19.2. The van der Waals surface area contributed by atoms with E-state index in [1.54, 1.807) is 18.2 Å². The molecule has 0 aliphatic carbocycles. The molecule has 3 aromatic rings. The second kappa shape index (κ2) is 11.4. The molecule has 0 aliphatic rings. The molecule has 0 bridgehead atoms. The highest BCUT2D eigenvalue weighted by Gasteiger charge is 2.73.